The van der Waals surface area contributed by atoms with Gasteiger partial charge in [-0.15, -0.1) is 0 Å². The Balaban J connectivity index is 2.24. The lowest BCUT2D eigenvalue weighted by molar-refractivity contribution is 0.576. The molecular weight excluding hydrogens is 96.1 g/mol. The summed E-state index contributed by atoms with van der Waals surface area (Å²) >= 11 is 0. The first kappa shape index (κ1) is 4.60. The normalized spacial score (nSPS) is 47.5. The molecule has 8 heavy (non-hydrogen) atoms. The molecule has 0 heteroatoms. The third-order valence-electron chi connectivity index (χ3n) is 2.97. The topological polar surface area (TPSA) is 0 Å². The molecule has 0 aromatic heterocycles. The van der Waals surface area contributed by atoms with E-state index in [0.29, 0.717) is 5.41 Å². The predicted molar refractivity (Wildman–Crippen MR) is 34.5 cm³/mol. The van der Waals surface area contributed by atoms with Gasteiger partial charge in [-0.2, -0.15) is 0 Å². The van der Waals surface area contributed by atoms with E-state index in [0.717, 1.165) is 11.8 Å². The Labute approximate surface area is 50.6 Å². The number of rotatable bonds is 0. The molecule has 0 aliphatic heterocycles. The lowest BCUT2D eigenvalue weighted by Crippen LogP contribution is -1.99. The lowest BCUT2D eigenvalue weighted by Gasteiger charge is -2.10. The van der Waals surface area contributed by atoms with Crippen molar-refractivity contribution in [2.75, 3.05) is 0 Å². The maximum Gasteiger partial charge on any atom is -0.0115 e. The standard InChI is InChI=1S/C8H12/c1-5-4-6-7(5)8(6,2)3/h6-7H,1,4H2,2-3H3. The molecule has 2 fully saturated rings. The minimum atomic E-state index is 0.650. The number of hydrogen-bond donors (Lipinski definition) is 0. The van der Waals surface area contributed by atoms with Gasteiger partial charge in [0.25, 0.3) is 0 Å². The molecule has 0 bridgehead atoms. The molecule has 0 spiro atoms. The minimum absolute atomic E-state index is 0.650. The van der Waals surface area contributed by atoms with Gasteiger partial charge >= 0.3 is 0 Å². The second kappa shape index (κ2) is 0.896. The van der Waals surface area contributed by atoms with Gasteiger partial charge in [0.2, 0.25) is 0 Å². The Morgan fingerprint density at radius 1 is 1.62 bits per heavy atom. The van der Waals surface area contributed by atoms with Crippen molar-refractivity contribution in [2.24, 2.45) is 17.3 Å². The molecule has 2 unspecified atom stereocenters. The van der Waals surface area contributed by atoms with Crippen molar-refractivity contribution in [3.63, 3.8) is 0 Å². The van der Waals surface area contributed by atoms with E-state index in [1.807, 2.05) is 0 Å². The summed E-state index contributed by atoms with van der Waals surface area (Å²) in [5.41, 5.74) is 2.15. The van der Waals surface area contributed by atoms with Gasteiger partial charge in [-0.25, -0.2) is 0 Å². The van der Waals surface area contributed by atoms with Crippen molar-refractivity contribution in [1.82, 2.24) is 0 Å². The van der Waals surface area contributed by atoms with Crippen LogP contribution in [0.25, 0.3) is 0 Å². The van der Waals surface area contributed by atoms with Crippen LogP contribution in [0.15, 0.2) is 12.2 Å². The van der Waals surface area contributed by atoms with Crippen molar-refractivity contribution in [3.8, 4) is 0 Å². The van der Waals surface area contributed by atoms with Gasteiger partial charge in [0.05, 0.1) is 0 Å². The summed E-state index contributed by atoms with van der Waals surface area (Å²) in [6.07, 6.45) is 1.32. The van der Waals surface area contributed by atoms with Gasteiger partial charge in [-0.3, -0.25) is 0 Å². The zero-order valence-electron chi connectivity index (χ0n) is 5.57. The van der Waals surface area contributed by atoms with E-state index >= 15 is 0 Å². The molecule has 0 aromatic carbocycles. The fourth-order valence-corrected chi connectivity index (χ4v) is 2.18. The first-order valence-corrected chi connectivity index (χ1v) is 3.31. The van der Waals surface area contributed by atoms with Gasteiger partial charge in [0.15, 0.2) is 0 Å². The monoisotopic (exact) mass is 108 g/mol. The fraction of sp³-hybridized carbons (Fsp3) is 0.750. The average Bonchev–Trinajstić information content (AvgIpc) is 1.99. The van der Waals surface area contributed by atoms with Gasteiger partial charge in [0.1, 0.15) is 0 Å². The van der Waals surface area contributed by atoms with Crippen molar-refractivity contribution in [1.29, 1.82) is 0 Å². The van der Waals surface area contributed by atoms with Crippen LogP contribution in [0, 0.1) is 17.3 Å². The van der Waals surface area contributed by atoms with Crippen LogP contribution >= 0.6 is 0 Å². The van der Waals surface area contributed by atoms with Gasteiger partial charge < -0.3 is 0 Å². The third-order valence-corrected chi connectivity index (χ3v) is 2.97. The van der Waals surface area contributed by atoms with Crippen LogP contribution in [0.3, 0.4) is 0 Å². The minimum Gasteiger partial charge on any atom is -0.0995 e. The molecule has 0 N–H and O–H groups in total. The Morgan fingerprint density at radius 2 is 2.25 bits per heavy atom. The summed E-state index contributed by atoms with van der Waals surface area (Å²) in [5, 5.41) is 0. The summed E-state index contributed by atoms with van der Waals surface area (Å²) < 4.78 is 0. The van der Waals surface area contributed by atoms with E-state index in [4.69, 9.17) is 0 Å². The lowest BCUT2D eigenvalue weighted by atomic mass is 9.95. The SMILES string of the molecule is C=C1CC2C1C2(C)C. The van der Waals surface area contributed by atoms with Gasteiger partial charge in [-0.05, 0) is 23.7 Å². The zero-order valence-corrected chi connectivity index (χ0v) is 5.57. The van der Waals surface area contributed by atoms with Crippen LogP contribution in [0.2, 0.25) is 0 Å². The van der Waals surface area contributed by atoms with E-state index < -0.39 is 0 Å². The molecule has 0 saturated heterocycles. The van der Waals surface area contributed by atoms with E-state index in [2.05, 4.69) is 20.4 Å². The van der Waals surface area contributed by atoms with Crippen LogP contribution < -0.4 is 0 Å². The molecule has 44 valence electrons. The van der Waals surface area contributed by atoms with E-state index in [1.165, 1.54) is 12.0 Å². The molecule has 2 rings (SSSR count). The molecule has 0 amide bonds. The summed E-state index contributed by atoms with van der Waals surface area (Å²) in [5.74, 6) is 1.94. The molecule has 0 aromatic rings. The highest BCUT2D eigenvalue weighted by Crippen LogP contribution is 2.72. The summed E-state index contributed by atoms with van der Waals surface area (Å²) in [6, 6.07) is 0. The third kappa shape index (κ3) is 0.273. The Hall–Kier alpha value is -0.260. The quantitative estimate of drug-likeness (QED) is 0.417. The second-order valence-corrected chi connectivity index (χ2v) is 3.77. The number of hydrogen-bond acceptors (Lipinski definition) is 0. The van der Waals surface area contributed by atoms with Gasteiger partial charge in [-0.1, -0.05) is 26.0 Å². The van der Waals surface area contributed by atoms with Crippen LogP contribution in [0.1, 0.15) is 20.3 Å². The fourth-order valence-electron chi connectivity index (χ4n) is 2.18. The molecule has 2 aliphatic carbocycles. The Kier molecular flexibility index (Phi) is 0.516. The largest absolute Gasteiger partial charge is 0.0995 e. The van der Waals surface area contributed by atoms with Crippen molar-refractivity contribution >= 4 is 0 Å². The average molecular weight is 108 g/mol. The summed E-state index contributed by atoms with van der Waals surface area (Å²) in [6.45, 7) is 8.67. The van der Waals surface area contributed by atoms with E-state index in [-0.39, 0.29) is 0 Å². The van der Waals surface area contributed by atoms with E-state index in [1.54, 1.807) is 0 Å². The molecule has 0 radical (unpaired) electrons. The predicted octanol–water partition coefficient (Wildman–Crippen LogP) is 2.22. The Morgan fingerprint density at radius 3 is 2.25 bits per heavy atom. The molecular formula is C8H12. The number of fused-ring (bicyclic) bond motifs is 1. The van der Waals surface area contributed by atoms with Gasteiger partial charge in [0, 0.05) is 0 Å². The highest BCUT2D eigenvalue weighted by molar-refractivity contribution is 5.32. The first-order valence-electron chi connectivity index (χ1n) is 3.31. The smallest absolute Gasteiger partial charge is 0.0115 e. The highest BCUT2D eigenvalue weighted by Gasteiger charge is 2.65. The zero-order chi connectivity index (χ0) is 5.94. The summed E-state index contributed by atoms with van der Waals surface area (Å²) in [4.78, 5) is 0. The van der Waals surface area contributed by atoms with Crippen LogP contribution in [0.4, 0.5) is 0 Å². The highest BCUT2D eigenvalue weighted by atomic mass is 14.7. The molecule has 2 aliphatic rings. The maximum absolute atomic E-state index is 3.98. The van der Waals surface area contributed by atoms with Crippen molar-refractivity contribution in [3.05, 3.63) is 12.2 Å². The molecule has 0 nitrogen and oxygen atoms in total. The van der Waals surface area contributed by atoms with Crippen molar-refractivity contribution < 1.29 is 0 Å². The Bertz CT molecular complexity index is 153. The van der Waals surface area contributed by atoms with E-state index in [9.17, 15) is 0 Å². The molecule has 2 atom stereocenters. The first-order chi connectivity index (χ1) is 3.64. The second-order valence-electron chi connectivity index (χ2n) is 3.77. The summed E-state index contributed by atoms with van der Waals surface area (Å²) in [7, 11) is 0. The van der Waals surface area contributed by atoms with Crippen molar-refractivity contribution in [2.45, 2.75) is 20.3 Å². The molecule has 0 heterocycles. The maximum atomic E-state index is 3.98. The van der Waals surface area contributed by atoms with Crippen LogP contribution in [0.5, 0.6) is 0 Å². The van der Waals surface area contributed by atoms with Crippen LogP contribution in [-0.4, -0.2) is 0 Å². The molecule has 2 saturated carbocycles. The van der Waals surface area contributed by atoms with Crippen LogP contribution in [-0.2, 0) is 0 Å². The number of allylic oxidation sites excluding steroid dienone is 1.